The Hall–Kier alpha value is -2.11. The predicted octanol–water partition coefficient (Wildman–Crippen LogP) is 3.58. The van der Waals surface area contributed by atoms with Crippen LogP contribution in [0.2, 0.25) is 5.02 Å². The zero-order chi connectivity index (χ0) is 15.6. The fourth-order valence-corrected chi connectivity index (χ4v) is 3.57. The summed E-state index contributed by atoms with van der Waals surface area (Å²) in [7, 11) is -3.47. The average Bonchev–Trinajstić information content (AvgIpc) is 2.92. The lowest BCUT2D eigenvalue weighted by atomic mass is 10.2. The monoisotopic (exact) mass is 332 g/mol. The SMILES string of the molecule is O=S(=O)(CC=Cc1ccccn1)n1ccc2cc(Cl)ccc21. The highest BCUT2D eigenvalue weighted by Gasteiger charge is 2.14. The largest absolute Gasteiger partial charge is 0.257 e. The van der Waals surface area contributed by atoms with Gasteiger partial charge in [-0.05, 0) is 42.5 Å². The molecular weight excluding hydrogens is 320 g/mol. The number of benzene rings is 1. The van der Waals surface area contributed by atoms with Gasteiger partial charge in [-0.1, -0.05) is 23.7 Å². The lowest BCUT2D eigenvalue weighted by Crippen LogP contribution is -2.14. The van der Waals surface area contributed by atoms with Crippen molar-refractivity contribution in [3.8, 4) is 0 Å². The summed E-state index contributed by atoms with van der Waals surface area (Å²) in [4.78, 5) is 4.12. The van der Waals surface area contributed by atoms with Crippen LogP contribution in [0.1, 0.15) is 5.69 Å². The molecule has 112 valence electrons. The number of halogens is 1. The van der Waals surface area contributed by atoms with Crippen molar-refractivity contribution in [3.63, 3.8) is 0 Å². The van der Waals surface area contributed by atoms with E-state index >= 15 is 0 Å². The van der Waals surface area contributed by atoms with Crippen LogP contribution in [-0.4, -0.2) is 23.1 Å². The minimum Gasteiger partial charge on any atom is -0.257 e. The second-order valence-electron chi connectivity index (χ2n) is 4.75. The van der Waals surface area contributed by atoms with Crippen LogP contribution in [0, 0.1) is 0 Å². The standard InChI is InChI=1S/C16H13ClN2O2S/c17-14-6-7-16-13(12-14)8-10-19(16)22(20,21)11-3-5-15-4-1-2-9-18-15/h1-10,12H,11H2. The lowest BCUT2D eigenvalue weighted by Gasteiger charge is -2.05. The van der Waals surface area contributed by atoms with Crippen molar-refractivity contribution < 1.29 is 8.42 Å². The highest BCUT2D eigenvalue weighted by atomic mass is 35.5. The summed E-state index contributed by atoms with van der Waals surface area (Å²) in [6, 6.07) is 12.3. The molecular formula is C16H13ClN2O2S. The molecule has 0 bridgehead atoms. The molecule has 1 aromatic carbocycles. The molecule has 22 heavy (non-hydrogen) atoms. The molecule has 2 heterocycles. The van der Waals surface area contributed by atoms with Gasteiger partial charge in [-0.2, -0.15) is 0 Å². The first kappa shape index (κ1) is 14.8. The first-order valence-corrected chi connectivity index (χ1v) is 8.62. The molecule has 0 saturated heterocycles. The van der Waals surface area contributed by atoms with Gasteiger partial charge >= 0.3 is 0 Å². The van der Waals surface area contributed by atoms with E-state index in [4.69, 9.17) is 11.6 Å². The summed E-state index contributed by atoms with van der Waals surface area (Å²) in [6.45, 7) is 0. The smallest absolute Gasteiger partial charge is 0.242 e. The molecule has 0 aliphatic heterocycles. The Bertz CT molecular complexity index is 931. The molecule has 3 aromatic rings. The zero-order valence-corrected chi connectivity index (χ0v) is 13.1. The molecule has 4 nitrogen and oxygen atoms in total. The first-order valence-electron chi connectivity index (χ1n) is 6.64. The quantitative estimate of drug-likeness (QED) is 0.733. The highest BCUT2D eigenvalue weighted by Crippen LogP contribution is 2.22. The van der Waals surface area contributed by atoms with Gasteiger partial charge in [0.2, 0.25) is 10.0 Å². The van der Waals surface area contributed by atoms with Gasteiger partial charge < -0.3 is 0 Å². The van der Waals surface area contributed by atoms with Crippen LogP contribution in [0.15, 0.2) is 60.9 Å². The van der Waals surface area contributed by atoms with Crippen molar-refractivity contribution in [2.75, 3.05) is 5.75 Å². The molecule has 3 rings (SSSR count). The van der Waals surface area contributed by atoms with Crippen LogP contribution >= 0.6 is 11.6 Å². The summed E-state index contributed by atoms with van der Waals surface area (Å²) < 4.78 is 26.2. The summed E-state index contributed by atoms with van der Waals surface area (Å²) in [5, 5.41) is 1.38. The molecule has 0 aliphatic carbocycles. The number of nitrogens with zero attached hydrogens (tertiary/aromatic N) is 2. The topological polar surface area (TPSA) is 52.0 Å². The van der Waals surface area contributed by atoms with Crippen molar-refractivity contribution in [2.45, 2.75) is 0 Å². The van der Waals surface area contributed by atoms with Gasteiger partial charge in [-0.25, -0.2) is 12.4 Å². The number of rotatable bonds is 4. The number of hydrogen-bond acceptors (Lipinski definition) is 3. The number of aromatic nitrogens is 2. The normalized spacial score (nSPS) is 12.2. The van der Waals surface area contributed by atoms with Gasteiger partial charge in [-0.15, -0.1) is 0 Å². The number of pyridine rings is 1. The van der Waals surface area contributed by atoms with Gasteiger partial charge in [0, 0.05) is 22.8 Å². The van der Waals surface area contributed by atoms with E-state index in [0.29, 0.717) is 10.5 Å². The van der Waals surface area contributed by atoms with Crippen molar-refractivity contribution in [3.05, 3.63) is 71.7 Å². The fourth-order valence-electron chi connectivity index (χ4n) is 2.18. The molecule has 0 fully saturated rings. The van der Waals surface area contributed by atoms with E-state index in [1.807, 2.05) is 18.2 Å². The van der Waals surface area contributed by atoms with Crippen molar-refractivity contribution in [1.82, 2.24) is 8.96 Å². The Labute approximate surface area is 133 Å². The van der Waals surface area contributed by atoms with E-state index in [-0.39, 0.29) is 5.75 Å². The molecule has 0 saturated carbocycles. The summed E-state index contributed by atoms with van der Waals surface area (Å²) in [5.74, 6) is -0.101. The molecule has 0 atom stereocenters. The van der Waals surface area contributed by atoms with Crippen LogP contribution in [0.25, 0.3) is 17.0 Å². The van der Waals surface area contributed by atoms with Crippen molar-refractivity contribution in [1.29, 1.82) is 0 Å². The van der Waals surface area contributed by atoms with Crippen molar-refractivity contribution in [2.24, 2.45) is 0 Å². The third-order valence-corrected chi connectivity index (χ3v) is 4.97. The summed E-state index contributed by atoms with van der Waals surface area (Å²) in [5.41, 5.74) is 1.34. The zero-order valence-electron chi connectivity index (χ0n) is 11.6. The first-order chi connectivity index (χ1) is 10.6. The van der Waals surface area contributed by atoms with Crippen LogP contribution in [0.4, 0.5) is 0 Å². The average molecular weight is 333 g/mol. The van der Waals surface area contributed by atoms with Crippen LogP contribution in [0.3, 0.4) is 0 Å². The van der Waals surface area contributed by atoms with E-state index in [0.717, 1.165) is 11.1 Å². The summed E-state index contributed by atoms with van der Waals surface area (Å²) >= 11 is 5.92. The van der Waals surface area contributed by atoms with Gasteiger partial charge in [0.05, 0.1) is 17.0 Å². The van der Waals surface area contributed by atoms with Gasteiger partial charge in [0.1, 0.15) is 0 Å². The molecule has 2 aromatic heterocycles. The maximum absolute atomic E-state index is 12.4. The Morgan fingerprint density at radius 2 is 2.05 bits per heavy atom. The second kappa shape index (κ2) is 5.94. The fraction of sp³-hybridized carbons (Fsp3) is 0.0625. The van der Waals surface area contributed by atoms with E-state index in [2.05, 4.69) is 4.98 Å². The number of hydrogen-bond donors (Lipinski definition) is 0. The summed E-state index contributed by atoms with van der Waals surface area (Å²) in [6.07, 6.45) is 6.50. The minimum atomic E-state index is -3.47. The predicted molar refractivity (Wildman–Crippen MR) is 89.4 cm³/mol. The second-order valence-corrected chi connectivity index (χ2v) is 7.08. The van der Waals surface area contributed by atoms with Gasteiger partial charge in [0.25, 0.3) is 0 Å². The van der Waals surface area contributed by atoms with Crippen LogP contribution < -0.4 is 0 Å². The van der Waals surface area contributed by atoms with Crippen LogP contribution in [-0.2, 0) is 10.0 Å². The van der Waals surface area contributed by atoms with Gasteiger partial charge in [0.15, 0.2) is 0 Å². The van der Waals surface area contributed by atoms with E-state index in [1.165, 1.54) is 3.97 Å². The third kappa shape index (κ3) is 3.05. The molecule has 0 radical (unpaired) electrons. The third-order valence-electron chi connectivity index (χ3n) is 3.20. The Kier molecular flexibility index (Phi) is 4.00. The molecule has 0 unspecified atom stereocenters. The Morgan fingerprint density at radius 1 is 1.18 bits per heavy atom. The maximum atomic E-state index is 12.4. The minimum absolute atomic E-state index is 0.101. The van der Waals surface area contributed by atoms with E-state index < -0.39 is 10.0 Å². The molecule has 0 aliphatic rings. The lowest BCUT2D eigenvalue weighted by molar-refractivity contribution is 0.592. The van der Waals surface area contributed by atoms with Gasteiger partial charge in [-0.3, -0.25) is 4.98 Å². The maximum Gasteiger partial charge on any atom is 0.242 e. The Morgan fingerprint density at radius 3 is 2.82 bits per heavy atom. The Balaban J connectivity index is 1.87. The van der Waals surface area contributed by atoms with Crippen LogP contribution in [0.5, 0.6) is 0 Å². The highest BCUT2D eigenvalue weighted by molar-refractivity contribution is 7.90. The molecule has 0 spiro atoms. The van der Waals surface area contributed by atoms with E-state index in [9.17, 15) is 8.42 Å². The van der Waals surface area contributed by atoms with Crippen molar-refractivity contribution >= 4 is 38.6 Å². The molecule has 0 N–H and O–H groups in total. The molecule has 0 amide bonds. The molecule has 6 heteroatoms. The van der Waals surface area contributed by atoms with E-state index in [1.54, 1.807) is 48.8 Å². The number of fused-ring (bicyclic) bond motifs is 1.